The van der Waals surface area contributed by atoms with Gasteiger partial charge in [-0.2, -0.15) is 5.10 Å². The second-order valence-corrected chi connectivity index (χ2v) is 7.19. The first-order chi connectivity index (χ1) is 11.8. The number of hydrogen-bond donors (Lipinski definition) is 1. The summed E-state index contributed by atoms with van der Waals surface area (Å²) in [7, 11) is 0. The Hall–Kier alpha value is -1.65. The van der Waals surface area contributed by atoms with Gasteiger partial charge < -0.3 is 5.11 Å². The third-order valence-corrected chi connectivity index (χ3v) is 5.45. The van der Waals surface area contributed by atoms with Crippen LogP contribution in [0.1, 0.15) is 53.8 Å². The predicted octanol–water partition coefficient (Wildman–Crippen LogP) is 2.90. The molecule has 2 aromatic rings. The van der Waals surface area contributed by atoms with E-state index in [0.29, 0.717) is 0 Å². The number of rotatable bonds is 5. The minimum atomic E-state index is 0.0596. The van der Waals surface area contributed by atoms with Gasteiger partial charge in [0.25, 0.3) is 0 Å². The molecule has 0 atom stereocenters. The lowest BCUT2D eigenvalue weighted by molar-refractivity contribution is 0.274. The lowest BCUT2D eigenvalue weighted by atomic mass is 9.96. The van der Waals surface area contributed by atoms with Crippen LogP contribution < -0.4 is 0 Å². The van der Waals surface area contributed by atoms with Crippen LogP contribution in [0.2, 0.25) is 0 Å². The van der Waals surface area contributed by atoms with Crippen molar-refractivity contribution in [3.63, 3.8) is 0 Å². The third-order valence-electron chi connectivity index (χ3n) is 5.45. The van der Waals surface area contributed by atoms with E-state index in [4.69, 9.17) is 0 Å². The van der Waals surface area contributed by atoms with Gasteiger partial charge in [0.15, 0.2) is 0 Å². The number of aliphatic hydroxyl groups excluding tert-OH is 1. The number of nitrogens with zero attached hydrogens (tertiary/aromatic N) is 3. The second-order valence-electron chi connectivity index (χ2n) is 7.19. The maximum atomic E-state index is 9.56. The highest BCUT2D eigenvalue weighted by Gasteiger charge is 2.20. The van der Waals surface area contributed by atoms with E-state index in [9.17, 15) is 5.11 Å². The molecule has 24 heavy (non-hydrogen) atoms. The van der Waals surface area contributed by atoms with Crippen LogP contribution in [0.4, 0.5) is 0 Å². The zero-order chi connectivity index (χ0) is 16.4. The molecule has 1 fully saturated rings. The Morgan fingerprint density at radius 2 is 1.54 bits per heavy atom. The van der Waals surface area contributed by atoms with E-state index in [0.717, 1.165) is 31.6 Å². The molecule has 4 rings (SSSR count). The summed E-state index contributed by atoms with van der Waals surface area (Å²) in [5.74, 6) is 0. The Labute approximate surface area is 144 Å². The highest BCUT2D eigenvalue weighted by atomic mass is 16.3. The Morgan fingerprint density at radius 3 is 2.25 bits per heavy atom. The van der Waals surface area contributed by atoms with Crippen molar-refractivity contribution in [2.75, 3.05) is 13.1 Å². The van der Waals surface area contributed by atoms with Gasteiger partial charge in [-0.1, -0.05) is 24.3 Å². The Bertz CT molecular complexity index is 684. The normalized spacial score (nSPS) is 18.0. The number of aromatic nitrogens is 2. The largest absolute Gasteiger partial charge is 0.390 e. The van der Waals surface area contributed by atoms with Gasteiger partial charge in [0, 0.05) is 12.2 Å². The fraction of sp³-hybridized carbons (Fsp3) is 0.550. The van der Waals surface area contributed by atoms with Crippen molar-refractivity contribution >= 4 is 0 Å². The highest BCUT2D eigenvalue weighted by Crippen LogP contribution is 2.25. The van der Waals surface area contributed by atoms with E-state index in [-0.39, 0.29) is 6.61 Å². The molecule has 0 amide bonds. The summed E-state index contributed by atoms with van der Waals surface area (Å²) >= 11 is 0. The average molecular weight is 325 g/mol. The molecule has 0 spiro atoms. The monoisotopic (exact) mass is 325 g/mol. The molecule has 1 aliphatic heterocycles. The molecule has 1 aliphatic carbocycles. The van der Waals surface area contributed by atoms with Gasteiger partial charge in [-0.3, -0.25) is 9.58 Å². The molecule has 1 aromatic heterocycles. The lowest BCUT2D eigenvalue weighted by Crippen LogP contribution is -2.18. The number of hydrogen-bond acceptors (Lipinski definition) is 3. The van der Waals surface area contributed by atoms with E-state index < -0.39 is 0 Å². The highest BCUT2D eigenvalue weighted by molar-refractivity contribution is 5.30. The lowest BCUT2D eigenvalue weighted by Gasteiger charge is -2.16. The van der Waals surface area contributed by atoms with Gasteiger partial charge in [0.1, 0.15) is 0 Å². The molecule has 4 heteroatoms. The summed E-state index contributed by atoms with van der Waals surface area (Å²) in [5.41, 5.74) is 6.22. The van der Waals surface area contributed by atoms with Gasteiger partial charge >= 0.3 is 0 Å². The van der Waals surface area contributed by atoms with E-state index in [1.54, 1.807) is 0 Å². The molecule has 0 saturated carbocycles. The summed E-state index contributed by atoms with van der Waals surface area (Å²) in [6.07, 6.45) is 7.30. The standard InChI is InChI=1S/C20H27N3O/c24-15-19-18-5-1-2-6-20(18)23(21-19)14-17-9-7-16(8-10-17)13-22-11-3-4-12-22/h7-10,24H,1-6,11-15H2. The minimum absolute atomic E-state index is 0.0596. The van der Waals surface area contributed by atoms with Crippen LogP contribution in [0.3, 0.4) is 0 Å². The SMILES string of the molecule is OCc1nn(Cc2ccc(CN3CCCC3)cc2)c2c1CCCC2. The first kappa shape index (κ1) is 15.9. The maximum absolute atomic E-state index is 9.56. The number of aliphatic hydroxyl groups is 1. The Kier molecular flexibility index (Phi) is 4.67. The molecular weight excluding hydrogens is 298 g/mol. The smallest absolute Gasteiger partial charge is 0.0913 e. The topological polar surface area (TPSA) is 41.3 Å². The Balaban J connectivity index is 1.48. The molecule has 2 aliphatic rings. The summed E-state index contributed by atoms with van der Waals surface area (Å²) in [5, 5.41) is 14.2. The van der Waals surface area contributed by atoms with Crippen LogP contribution in [-0.2, 0) is 32.5 Å². The second kappa shape index (κ2) is 7.08. The third kappa shape index (κ3) is 3.26. The van der Waals surface area contributed by atoms with E-state index >= 15 is 0 Å². The quantitative estimate of drug-likeness (QED) is 0.919. The molecular formula is C20H27N3O. The summed E-state index contributed by atoms with van der Waals surface area (Å²) in [6.45, 7) is 4.43. The van der Waals surface area contributed by atoms with Crippen LogP contribution in [0.25, 0.3) is 0 Å². The zero-order valence-electron chi connectivity index (χ0n) is 14.4. The van der Waals surface area contributed by atoms with E-state index in [2.05, 4.69) is 38.9 Å². The fourth-order valence-corrected chi connectivity index (χ4v) is 4.13. The fourth-order valence-electron chi connectivity index (χ4n) is 4.13. The van der Waals surface area contributed by atoms with Gasteiger partial charge in [-0.15, -0.1) is 0 Å². The van der Waals surface area contributed by atoms with Gasteiger partial charge in [0.2, 0.25) is 0 Å². The van der Waals surface area contributed by atoms with Crippen molar-refractivity contribution in [2.24, 2.45) is 0 Å². The van der Waals surface area contributed by atoms with Crippen LogP contribution in [0.15, 0.2) is 24.3 Å². The number of likely N-dealkylation sites (tertiary alicyclic amines) is 1. The molecule has 128 valence electrons. The van der Waals surface area contributed by atoms with Crippen LogP contribution in [-0.4, -0.2) is 32.9 Å². The summed E-state index contributed by atoms with van der Waals surface area (Å²) in [6, 6.07) is 8.99. The van der Waals surface area contributed by atoms with Crippen molar-refractivity contribution in [1.82, 2.24) is 14.7 Å². The van der Waals surface area contributed by atoms with Gasteiger partial charge in [-0.25, -0.2) is 0 Å². The van der Waals surface area contributed by atoms with Crippen molar-refractivity contribution in [3.8, 4) is 0 Å². The zero-order valence-corrected chi connectivity index (χ0v) is 14.4. The first-order valence-corrected chi connectivity index (χ1v) is 9.32. The molecule has 0 radical (unpaired) electrons. The molecule has 1 N–H and O–H groups in total. The Morgan fingerprint density at radius 1 is 0.875 bits per heavy atom. The van der Waals surface area contributed by atoms with Crippen LogP contribution in [0.5, 0.6) is 0 Å². The molecule has 2 heterocycles. The first-order valence-electron chi connectivity index (χ1n) is 9.32. The van der Waals surface area contributed by atoms with Crippen LogP contribution >= 0.6 is 0 Å². The van der Waals surface area contributed by atoms with Gasteiger partial charge in [0.05, 0.1) is 18.8 Å². The minimum Gasteiger partial charge on any atom is -0.390 e. The maximum Gasteiger partial charge on any atom is 0.0913 e. The molecule has 0 unspecified atom stereocenters. The van der Waals surface area contributed by atoms with Crippen molar-refractivity contribution in [2.45, 2.75) is 58.2 Å². The van der Waals surface area contributed by atoms with E-state index in [1.165, 1.54) is 61.2 Å². The molecule has 1 saturated heterocycles. The van der Waals surface area contributed by atoms with Crippen molar-refractivity contribution in [1.29, 1.82) is 0 Å². The van der Waals surface area contributed by atoms with Crippen molar-refractivity contribution in [3.05, 3.63) is 52.3 Å². The van der Waals surface area contributed by atoms with Crippen LogP contribution in [0, 0.1) is 0 Å². The molecule has 4 nitrogen and oxygen atoms in total. The number of fused-ring (bicyclic) bond motifs is 1. The van der Waals surface area contributed by atoms with Gasteiger partial charge in [-0.05, 0) is 68.3 Å². The molecule has 1 aromatic carbocycles. The summed E-state index contributed by atoms with van der Waals surface area (Å²) in [4.78, 5) is 2.53. The number of benzene rings is 1. The van der Waals surface area contributed by atoms with Crippen molar-refractivity contribution < 1.29 is 5.11 Å². The predicted molar refractivity (Wildman–Crippen MR) is 94.8 cm³/mol. The average Bonchev–Trinajstić information content (AvgIpc) is 3.25. The molecule has 0 bridgehead atoms. The summed E-state index contributed by atoms with van der Waals surface area (Å²) < 4.78 is 2.12. The van der Waals surface area contributed by atoms with E-state index in [1.807, 2.05) is 0 Å².